The van der Waals surface area contributed by atoms with Gasteiger partial charge in [0, 0.05) is 6.61 Å². The highest BCUT2D eigenvalue weighted by atomic mass is 32.2. The van der Waals surface area contributed by atoms with Crippen LogP contribution in [0.2, 0.25) is 0 Å². The molecule has 0 rings (SSSR count). The lowest BCUT2D eigenvalue weighted by molar-refractivity contribution is -0.00318. The number of hydrogen-bond acceptors (Lipinski definition) is 7. The Morgan fingerprint density at radius 3 is 1.42 bits per heavy atom. The van der Waals surface area contributed by atoms with Crippen molar-refractivity contribution in [3.8, 4) is 0 Å². The van der Waals surface area contributed by atoms with E-state index in [1.165, 1.54) is 0 Å². The summed E-state index contributed by atoms with van der Waals surface area (Å²) in [6, 6.07) is 0. The zero-order valence-electron chi connectivity index (χ0n) is 11.6. The van der Waals surface area contributed by atoms with Gasteiger partial charge in [-0.3, -0.25) is 4.18 Å². The monoisotopic (exact) mass is 300 g/mol. The molecule has 0 N–H and O–H groups in total. The van der Waals surface area contributed by atoms with Crippen LogP contribution in [-0.4, -0.2) is 74.1 Å². The zero-order chi connectivity index (χ0) is 14.4. The lowest BCUT2D eigenvalue weighted by Crippen LogP contribution is -2.14. The van der Waals surface area contributed by atoms with Gasteiger partial charge in [-0.25, -0.2) is 0 Å². The van der Waals surface area contributed by atoms with E-state index in [4.69, 9.17) is 18.9 Å². The number of rotatable bonds is 14. The Morgan fingerprint density at radius 2 is 1.05 bits per heavy atom. The quantitative estimate of drug-likeness (QED) is 0.331. The first-order valence-corrected chi connectivity index (χ1v) is 8.03. The average Bonchev–Trinajstić information content (AvgIpc) is 2.34. The second kappa shape index (κ2) is 12.8. The molecule has 0 heterocycles. The van der Waals surface area contributed by atoms with Crippen molar-refractivity contribution in [2.45, 2.75) is 6.92 Å². The first kappa shape index (κ1) is 18.8. The van der Waals surface area contributed by atoms with E-state index in [0.29, 0.717) is 46.2 Å². The largest absolute Gasteiger partial charge is 0.379 e. The van der Waals surface area contributed by atoms with Crippen molar-refractivity contribution in [3.05, 3.63) is 0 Å². The molecular weight excluding hydrogens is 276 g/mol. The molecule has 0 fully saturated rings. The Kier molecular flexibility index (Phi) is 12.6. The Balaban J connectivity index is 3.03. The molecule has 7 nitrogen and oxygen atoms in total. The molecule has 0 saturated carbocycles. The van der Waals surface area contributed by atoms with E-state index in [1.807, 2.05) is 6.92 Å². The average molecular weight is 300 g/mol. The first-order valence-electron chi connectivity index (χ1n) is 6.21. The minimum atomic E-state index is -3.38. The van der Waals surface area contributed by atoms with E-state index in [9.17, 15) is 8.42 Å². The van der Waals surface area contributed by atoms with Gasteiger partial charge in [0.15, 0.2) is 0 Å². The summed E-state index contributed by atoms with van der Waals surface area (Å²) in [5.41, 5.74) is 0. The van der Waals surface area contributed by atoms with Gasteiger partial charge in [-0.1, -0.05) is 0 Å². The van der Waals surface area contributed by atoms with Gasteiger partial charge in [-0.05, 0) is 6.92 Å². The molecule has 0 aromatic rings. The van der Waals surface area contributed by atoms with Crippen molar-refractivity contribution in [2.24, 2.45) is 0 Å². The van der Waals surface area contributed by atoms with Gasteiger partial charge >= 0.3 is 0 Å². The van der Waals surface area contributed by atoms with Crippen LogP contribution < -0.4 is 0 Å². The van der Waals surface area contributed by atoms with Gasteiger partial charge in [-0.2, -0.15) is 8.42 Å². The maximum absolute atomic E-state index is 10.6. The van der Waals surface area contributed by atoms with Gasteiger partial charge in [-0.15, -0.1) is 0 Å². The van der Waals surface area contributed by atoms with Gasteiger partial charge < -0.3 is 18.9 Å². The van der Waals surface area contributed by atoms with Crippen LogP contribution in [0, 0.1) is 0 Å². The van der Waals surface area contributed by atoms with Crippen molar-refractivity contribution in [1.82, 2.24) is 0 Å². The molecule has 0 unspecified atom stereocenters. The van der Waals surface area contributed by atoms with Crippen molar-refractivity contribution < 1.29 is 31.5 Å². The highest BCUT2D eigenvalue weighted by Gasteiger charge is 2.00. The Hall–Kier alpha value is -0.250. The third-order valence-electron chi connectivity index (χ3n) is 1.85. The Bertz CT molecular complexity index is 279. The third-order valence-corrected chi connectivity index (χ3v) is 2.44. The van der Waals surface area contributed by atoms with Gasteiger partial charge in [0.25, 0.3) is 10.1 Å². The molecule has 0 spiro atoms. The van der Waals surface area contributed by atoms with Crippen LogP contribution in [0.5, 0.6) is 0 Å². The third kappa shape index (κ3) is 17.8. The fourth-order valence-electron chi connectivity index (χ4n) is 1.05. The Morgan fingerprint density at radius 1 is 0.684 bits per heavy atom. The van der Waals surface area contributed by atoms with Crippen molar-refractivity contribution in [3.63, 3.8) is 0 Å². The minimum Gasteiger partial charge on any atom is -0.379 e. The van der Waals surface area contributed by atoms with E-state index in [2.05, 4.69) is 4.18 Å². The molecule has 0 amide bonds. The summed E-state index contributed by atoms with van der Waals surface area (Å²) >= 11 is 0. The molecule has 0 aromatic carbocycles. The molecule has 116 valence electrons. The SMILES string of the molecule is CCOCCOCCOCCOCCOS(C)(=O)=O. The van der Waals surface area contributed by atoms with Gasteiger partial charge in [0.2, 0.25) is 0 Å². The molecule has 0 atom stereocenters. The van der Waals surface area contributed by atoms with Crippen LogP contribution in [0.4, 0.5) is 0 Å². The maximum Gasteiger partial charge on any atom is 0.264 e. The second-order valence-corrected chi connectivity index (χ2v) is 5.20. The summed E-state index contributed by atoms with van der Waals surface area (Å²) in [7, 11) is -3.38. The summed E-state index contributed by atoms with van der Waals surface area (Å²) < 4.78 is 46.4. The first-order chi connectivity index (χ1) is 9.06. The van der Waals surface area contributed by atoms with Crippen molar-refractivity contribution >= 4 is 10.1 Å². The minimum absolute atomic E-state index is 0.0272. The van der Waals surface area contributed by atoms with Crippen LogP contribution >= 0.6 is 0 Å². The van der Waals surface area contributed by atoms with E-state index < -0.39 is 10.1 Å². The lowest BCUT2D eigenvalue weighted by atomic mass is 10.7. The second-order valence-electron chi connectivity index (χ2n) is 3.56. The fourth-order valence-corrected chi connectivity index (χ4v) is 1.42. The molecule has 0 aromatic heterocycles. The molecule has 19 heavy (non-hydrogen) atoms. The molecular formula is C11H24O7S. The van der Waals surface area contributed by atoms with E-state index in [0.717, 1.165) is 6.26 Å². The molecule has 0 aliphatic heterocycles. The fraction of sp³-hybridized carbons (Fsp3) is 1.00. The van der Waals surface area contributed by atoms with Crippen LogP contribution in [0.1, 0.15) is 6.92 Å². The Labute approximate surface area is 115 Å². The molecule has 0 saturated heterocycles. The number of ether oxygens (including phenoxy) is 4. The predicted octanol–water partition coefficient (Wildman–Crippen LogP) is 0.0489. The highest BCUT2D eigenvalue weighted by molar-refractivity contribution is 7.85. The number of hydrogen-bond donors (Lipinski definition) is 0. The summed E-state index contributed by atoms with van der Waals surface area (Å²) in [5, 5.41) is 0. The lowest BCUT2D eigenvalue weighted by Gasteiger charge is -2.06. The predicted molar refractivity (Wildman–Crippen MR) is 69.7 cm³/mol. The standard InChI is InChI=1S/C11H24O7S/c1-3-14-4-5-15-6-7-16-8-9-17-10-11-18-19(2,12)13/h3-11H2,1-2H3. The smallest absolute Gasteiger partial charge is 0.264 e. The normalized spacial score (nSPS) is 11.9. The zero-order valence-corrected chi connectivity index (χ0v) is 12.4. The van der Waals surface area contributed by atoms with Crippen LogP contribution in [0.25, 0.3) is 0 Å². The summed E-state index contributed by atoms with van der Waals surface area (Å²) in [6.45, 7) is 5.89. The van der Waals surface area contributed by atoms with Crippen LogP contribution in [0.15, 0.2) is 0 Å². The van der Waals surface area contributed by atoms with E-state index in [1.54, 1.807) is 0 Å². The van der Waals surface area contributed by atoms with Crippen molar-refractivity contribution in [1.29, 1.82) is 0 Å². The molecule has 0 bridgehead atoms. The molecule has 0 aliphatic carbocycles. The van der Waals surface area contributed by atoms with E-state index in [-0.39, 0.29) is 13.2 Å². The molecule has 0 radical (unpaired) electrons. The maximum atomic E-state index is 10.6. The molecule has 0 aliphatic rings. The highest BCUT2D eigenvalue weighted by Crippen LogP contribution is 1.87. The van der Waals surface area contributed by atoms with Crippen molar-refractivity contribution in [2.75, 3.05) is 65.7 Å². The summed E-state index contributed by atoms with van der Waals surface area (Å²) in [6.07, 6.45) is 1.00. The van der Waals surface area contributed by atoms with Crippen LogP contribution in [0.3, 0.4) is 0 Å². The van der Waals surface area contributed by atoms with Gasteiger partial charge in [0.1, 0.15) is 0 Å². The summed E-state index contributed by atoms with van der Waals surface area (Å²) in [4.78, 5) is 0. The summed E-state index contributed by atoms with van der Waals surface area (Å²) in [5.74, 6) is 0. The molecule has 8 heteroatoms. The van der Waals surface area contributed by atoms with Crippen LogP contribution in [-0.2, 0) is 33.2 Å². The van der Waals surface area contributed by atoms with Gasteiger partial charge in [0.05, 0.1) is 59.1 Å². The topological polar surface area (TPSA) is 80.3 Å². The van der Waals surface area contributed by atoms with E-state index >= 15 is 0 Å².